The zero-order valence-electron chi connectivity index (χ0n) is 15.5. The van der Waals surface area contributed by atoms with Crippen molar-refractivity contribution in [2.45, 2.75) is 32.1 Å². The normalized spacial score (nSPS) is 16.1. The van der Waals surface area contributed by atoms with Crippen LogP contribution in [0, 0.1) is 0 Å². The van der Waals surface area contributed by atoms with Gasteiger partial charge in [-0.15, -0.1) is 0 Å². The minimum Gasteiger partial charge on any atom is -0.495 e. The molecule has 2 aromatic carbocycles. The molecule has 0 saturated heterocycles. The van der Waals surface area contributed by atoms with Crippen molar-refractivity contribution in [3.8, 4) is 5.75 Å². The lowest BCUT2D eigenvalue weighted by molar-refractivity contribution is 0.416. The van der Waals surface area contributed by atoms with Gasteiger partial charge in [0, 0.05) is 16.5 Å². The Bertz CT molecular complexity index is 861. The van der Waals surface area contributed by atoms with Gasteiger partial charge >= 0.3 is 0 Å². The number of allylic oxidation sites excluding steroid dienone is 1. The summed E-state index contributed by atoms with van der Waals surface area (Å²) in [4.78, 5) is 7.13. The molecule has 0 aromatic heterocycles. The van der Waals surface area contributed by atoms with Crippen molar-refractivity contribution in [2.24, 2.45) is 4.99 Å². The summed E-state index contributed by atoms with van der Waals surface area (Å²) in [5, 5.41) is 1.73. The van der Waals surface area contributed by atoms with Crippen molar-refractivity contribution in [3.05, 3.63) is 70.9 Å². The molecule has 5 heteroatoms. The molecule has 136 valence electrons. The Morgan fingerprint density at radius 2 is 1.81 bits per heavy atom. The number of rotatable bonds is 4. The third-order valence-electron chi connectivity index (χ3n) is 4.13. The summed E-state index contributed by atoms with van der Waals surface area (Å²) in [6.45, 7) is 6.34. The Morgan fingerprint density at radius 1 is 1.12 bits per heavy atom. The molecule has 1 aliphatic heterocycles. The Balaban J connectivity index is 1.96. The van der Waals surface area contributed by atoms with E-state index in [-0.39, 0.29) is 5.54 Å². The van der Waals surface area contributed by atoms with Gasteiger partial charge in [0.05, 0.1) is 18.3 Å². The summed E-state index contributed by atoms with van der Waals surface area (Å²) >= 11 is 8.02. The number of aliphatic imine (C=N–C) groups is 1. The average molecular weight is 387 g/mol. The Morgan fingerprint density at radius 3 is 2.54 bits per heavy atom. The van der Waals surface area contributed by atoms with Gasteiger partial charge in [-0.2, -0.15) is 0 Å². The van der Waals surface area contributed by atoms with E-state index in [4.69, 9.17) is 21.3 Å². The van der Waals surface area contributed by atoms with E-state index in [1.807, 2.05) is 36.4 Å². The molecule has 0 saturated carbocycles. The fourth-order valence-corrected chi connectivity index (χ4v) is 4.51. The highest BCUT2D eigenvalue weighted by molar-refractivity contribution is 8.13. The van der Waals surface area contributed by atoms with Crippen molar-refractivity contribution in [1.29, 1.82) is 0 Å². The van der Waals surface area contributed by atoms with Gasteiger partial charge < -0.3 is 4.74 Å². The van der Waals surface area contributed by atoms with E-state index in [0.29, 0.717) is 0 Å². The van der Waals surface area contributed by atoms with Crippen LogP contribution >= 0.6 is 23.4 Å². The molecule has 1 heterocycles. The van der Waals surface area contributed by atoms with Crippen molar-refractivity contribution in [1.82, 2.24) is 0 Å². The van der Waals surface area contributed by atoms with Gasteiger partial charge in [-0.1, -0.05) is 53.7 Å². The van der Waals surface area contributed by atoms with Crippen molar-refractivity contribution in [2.75, 3.05) is 12.0 Å². The molecular weight excluding hydrogens is 364 g/mol. The summed E-state index contributed by atoms with van der Waals surface area (Å²) < 4.78 is 5.57. The second-order valence-corrected chi connectivity index (χ2v) is 8.07. The van der Waals surface area contributed by atoms with Crippen LogP contribution in [0.3, 0.4) is 0 Å². The topological polar surface area (TPSA) is 24.8 Å². The van der Waals surface area contributed by atoms with Crippen LogP contribution in [-0.2, 0) is 5.75 Å². The SMILES string of the molecule is COc1ccccc1N1C(C)=CC(C)(C)N=C1SCc1ccccc1Cl. The molecule has 0 radical (unpaired) electrons. The van der Waals surface area contributed by atoms with Gasteiger partial charge in [0.1, 0.15) is 5.75 Å². The molecule has 0 N–H and O–H groups in total. The Hall–Kier alpha value is -1.91. The van der Waals surface area contributed by atoms with E-state index in [2.05, 4.69) is 43.9 Å². The van der Waals surface area contributed by atoms with Crippen LogP contribution in [0.25, 0.3) is 0 Å². The maximum absolute atomic E-state index is 6.33. The van der Waals surface area contributed by atoms with Gasteiger partial charge in [-0.25, -0.2) is 0 Å². The molecule has 1 aliphatic rings. The van der Waals surface area contributed by atoms with Crippen molar-refractivity contribution in [3.63, 3.8) is 0 Å². The van der Waals surface area contributed by atoms with Gasteiger partial charge in [0.25, 0.3) is 0 Å². The molecule has 0 atom stereocenters. The van der Waals surface area contributed by atoms with Crippen LogP contribution in [0.5, 0.6) is 5.75 Å². The lowest BCUT2D eigenvalue weighted by Crippen LogP contribution is -2.35. The predicted molar refractivity (Wildman–Crippen MR) is 113 cm³/mol. The number of ether oxygens (including phenoxy) is 1. The highest BCUT2D eigenvalue weighted by Crippen LogP contribution is 2.37. The van der Waals surface area contributed by atoms with Crippen molar-refractivity contribution < 1.29 is 4.74 Å². The van der Waals surface area contributed by atoms with E-state index in [0.717, 1.165) is 38.6 Å². The number of benzene rings is 2. The van der Waals surface area contributed by atoms with Crippen LogP contribution in [0.4, 0.5) is 5.69 Å². The first-order valence-electron chi connectivity index (χ1n) is 8.50. The van der Waals surface area contributed by atoms with Crippen molar-refractivity contribution >= 4 is 34.2 Å². The maximum Gasteiger partial charge on any atom is 0.169 e. The maximum atomic E-state index is 6.33. The number of amidine groups is 1. The monoisotopic (exact) mass is 386 g/mol. The number of hydrogen-bond donors (Lipinski definition) is 0. The second-order valence-electron chi connectivity index (χ2n) is 6.72. The highest BCUT2D eigenvalue weighted by Gasteiger charge is 2.28. The summed E-state index contributed by atoms with van der Waals surface area (Å²) in [5.41, 5.74) is 2.98. The first-order chi connectivity index (χ1) is 12.4. The lowest BCUT2D eigenvalue weighted by atomic mass is 10.0. The van der Waals surface area contributed by atoms with Gasteiger partial charge in [-0.3, -0.25) is 9.89 Å². The fraction of sp³-hybridized carbons (Fsp3) is 0.286. The zero-order chi connectivity index (χ0) is 18.7. The number of halogens is 1. The summed E-state index contributed by atoms with van der Waals surface area (Å²) in [6.07, 6.45) is 2.18. The number of para-hydroxylation sites is 2. The lowest BCUT2D eigenvalue weighted by Gasteiger charge is -2.35. The average Bonchev–Trinajstić information content (AvgIpc) is 2.60. The molecule has 2 aromatic rings. The molecular formula is C21H23ClN2OS. The quantitative estimate of drug-likeness (QED) is 0.630. The molecule has 0 bridgehead atoms. The molecule has 0 unspecified atom stereocenters. The standard InChI is InChI=1S/C21H23ClN2OS/c1-15-13-21(2,3)23-20(26-14-16-9-5-6-10-17(16)22)24(15)18-11-7-8-12-19(18)25-4/h5-13H,14H2,1-4H3. The van der Waals surface area contributed by atoms with E-state index in [9.17, 15) is 0 Å². The van der Waals surface area contributed by atoms with Crippen LogP contribution in [0.15, 0.2) is 65.3 Å². The van der Waals surface area contributed by atoms with Gasteiger partial charge in [0.15, 0.2) is 5.17 Å². The van der Waals surface area contributed by atoms with Crippen LogP contribution in [-0.4, -0.2) is 17.8 Å². The third-order valence-corrected chi connectivity index (χ3v) is 5.49. The predicted octanol–water partition coefficient (Wildman–Crippen LogP) is 6.14. The largest absolute Gasteiger partial charge is 0.495 e. The van der Waals surface area contributed by atoms with Gasteiger partial charge in [-0.05, 0) is 50.6 Å². The molecule has 3 rings (SSSR count). The minimum absolute atomic E-state index is 0.245. The number of nitrogens with zero attached hydrogens (tertiary/aromatic N) is 2. The van der Waals surface area contributed by atoms with Crippen LogP contribution < -0.4 is 9.64 Å². The summed E-state index contributed by atoms with van der Waals surface area (Å²) in [5.74, 6) is 1.58. The number of methoxy groups -OCH3 is 1. The molecule has 26 heavy (non-hydrogen) atoms. The Kier molecular flexibility index (Phi) is 5.64. The molecule has 3 nitrogen and oxygen atoms in total. The molecule has 0 fully saturated rings. The van der Waals surface area contributed by atoms with E-state index in [1.165, 1.54) is 0 Å². The van der Waals surface area contributed by atoms with Crippen LogP contribution in [0.1, 0.15) is 26.3 Å². The number of thioether (sulfide) groups is 1. The van der Waals surface area contributed by atoms with Gasteiger partial charge in [0.2, 0.25) is 0 Å². The molecule has 0 spiro atoms. The van der Waals surface area contributed by atoms with Crippen LogP contribution in [0.2, 0.25) is 5.02 Å². The van der Waals surface area contributed by atoms with E-state index >= 15 is 0 Å². The van der Waals surface area contributed by atoms with E-state index in [1.54, 1.807) is 18.9 Å². The Labute approximate surface area is 164 Å². The van der Waals surface area contributed by atoms with E-state index < -0.39 is 0 Å². The highest BCUT2D eigenvalue weighted by atomic mass is 35.5. The first kappa shape index (κ1) is 18.9. The first-order valence-corrected chi connectivity index (χ1v) is 9.86. The molecule has 0 aliphatic carbocycles. The fourth-order valence-electron chi connectivity index (χ4n) is 3.02. The number of anilines is 1. The minimum atomic E-state index is -0.245. The summed E-state index contributed by atoms with van der Waals surface area (Å²) in [6, 6.07) is 16.0. The zero-order valence-corrected chi connectivity index (χ0v) is 17.1. The molecule has 0 amide bonds. The smallest absolute Gasteiger partial charge is 0.169 e. The number of hydrogen-bond acceptors (Lipinski definition) is 4. The second kappa shape index (κ2) is 7.77. The summed E-state index contributed by atoms with van der Waals surface area (Å²) in [7, 11) is 1.69. The third kappa shape index (κ3) is 4.08.